The van der Waals surface area contributed by atoms with E-state index in [4.69, 9.17) is 4.74 Å². The number of nitrogens with one attached hydrogen (secondary N) is 2. The molecule has 4 atom stereocenters. The molecule has 0 unspecified atom stereocenters. The highest BCUT2D eigenvalue weighted by Gasteiger charge is 2.30. The van der Waals surface area contributed by atoms with Crippen LogP contribution < -0.4 is 10.6 Å². The quantitative estimate of drug-likeness (QED) is 0.668. The molecule has 166 valence electrons. The molecule has 6 heteroatoms. The van der Waals surface area contributed by atoms with Crippen molar-refractivity contribution >= 4 is 28.6 Å². The van der Waals surface area contributed by atoms with E-state index in [0.29, 0.717) is 11.8 Å². The molecule has 0 aliphatic heterocycles. The maximum atomic E-state index is 12.4. The number of hydrogen-bond donors (Lipinski definition) is 2. The van der Waals surface area contributed by atoms with Crippen LogP contribution in [0.25, 0.3) is 10.8 Å². The Kier molecular flexibility index (Phi) is 7.66. The Bertz CT molecular complexity index is 937. The van der Waals surface area contributed by atoms with E-state index in [0.717, 1.165) is 29.2 Å². The van der Waals surface area contributed by atoms with Crippen molar-refractivity contribution in [3.05, 3.63) is 48.0 Å². The third-order valence-electron chi connectivity index (χ3n) is 6.37. The van der Waals surface area contributed by atoms with E-state index in [1.807, 2.05) is 42.5 Å². The summed E-state index contributed by atoms with van der Waals surface area (Å²) in [4.78, 5) is 36.9. The van der Waals surface area contributed by atoms with E-state index < -0.39 is 12.1 Å². The summed E-state index contributed by atoms with van der Waals surface area (Å²) in [5, 5.41) is 7.68. The highest BCUT2D eigenvalue weighted by atomic mass is 16.5. The average Bonchev–Trinajstić information content (AvgIpc) is 2.75. The summed E-state index contributed by atoms with van der Waals surface area (Å²) >= 11 is 0. The van der Waals surface area contributed by atoms with Crippen molar-refractivity contribution in [2.45, 2.75) is 58.6 Å². The second-order valence-electron chi connectivity index (χ2n) is 8.61. The monoisotopic (exact) mass is 424 g/mol. The van der Waals surface area contributed by atoms with Gasteiger partial charge in [-0.25, -0.2) is 0 Å². The number of benzene rings is 2. The van der Waals surface area contributed by atoms with Crippen molar-refractivity contribution in [3.63, 3.8) is 0 Å². The number of carbonyl (C=O) groups is 3. The van der Waals surface area contributed by atoms with Crippen LogP contribution in [0.5, 0.6) is 0 Å². The lowest BCUT2D eigenvalue weighted by molar-refractivity contribution is -0.154. The van der Waals surface area contributed by atoms with Crippen LogP contribution in [-0.4, -0.2) is 36.5 Å². The Morgan fingerprint density at radius 1 is 1.06 bits per heavy atom. The second kappa shape index (κ2) is 10.4. The zero-order valence-electron chi connectivity index (χ0n) is 18.5. The number of esters is 1. The van der Waals surface area contributed by atoms with Crippen molar-refractivity contribution in [2.24, 2.45) is 11.8 Å². The van der Waals surface area contributed by atoms with Crippen molar-refractivity contribution in [1.29, 1.82) is 0 Å². The molecule has 0 bridgehead atoms. The molecular weight excluding hydrogens is 392 g/mol. The van der Waals surface area contributed by atoms with Gasteiger partial charge in [0.2, 0.25) is 5.91 Å². The van der Waals surface area contributed by atoms with Gasteiger partial charge in [-0.1, -0.05) is 69.2 Å². The topological polar surface area (TPSA) is 84.5 Å². The lowest BCUT2D eigenvalue weighted by Crippen LogP contribution is -2.48. The van der Waals surface area contributed by atoms with Gasteiger partial charge in [0.05, 0.1) is 6.42 Å². The molecule has 0 aromatic heterocycles. The van der Waals surface area contributed by atoms with E-state index in [2.05, 4.69) is 24.5 Å². The second-order valence-corrected chi connectivity index (χ2v) is 8.61. The molecule has 2 amide bonds. The predicted molar refractivity (Wildman–Crippen MR) is 120 cm³/mol. The van der Waals surface area contributed by atoms with Gasteiger partial charge in [0.15, 0.2) is 6.10 Å². The van der Waals surface area contributed by atoms with Crippen molar-refractivity contribution in [1.82, 2.24) is 10.6 Å². The minimum atomic E-state index is -0.896. The van der Waals surface area contributed by atoms with E-state index >= 15 is 0 Å². The zero-order chi connectivity index (χ0) is 22.4. The van der Waals surface area contributed by atoms with Gasteiger partial charge >= 0.3 is 5.97 Å². The first-order valence-electron chi connectivity index (χ1n) is 11.1. The summed E-state index contributed by atoms with van der Waals surface area (Å²) in [6.07, 6.45) is 2.49. The average molecular weight is 425 g/mol. The van der Waals surface area contributed by atoms with Crippen molar-refractivity contribution in [2.75, 3.05) is 6.54 Å². The molecule has 3 rings (SSSR count). The van der Waals surface area contributed by atoms with E-state index in [1.54, 1.807) is 6.92 Å². The Hall–Kier alpha value is -2.89. The molecular formula is C25H32N2O4. The number of ether oxygens (including phenoxy) is 1. The molecule has 0 saturated heterocycles. The number of carbonyl (C=O) groups excluding carboxylic acids is 3. The maximum absolute atomic E-state index is 12.4. The summed E-state index contributed by atoms with van der Waals surface area (Å²) in [5.74, 6) is -0.224. The van der Waals surface area contributed by atoms with Crippen LogP contribution in [-0.2, 0) is 25.5 Å². The van der Waals surface area contributed by atoms with Crippen LogP contribution in [0.3, 0.4) is 0 Å². The lowest BCUT2D eigenvalue weighted by Gasteiger charge is -2.35. The van der Waals surface area contributed by atoms with Gasteiger partial charge in [0.1, 0.15) is 6.54 Å². The van der Waals surface area contributed by atoms with E-state index in [-0.39, 0.29) is 30.8 Å². The fraction of sp³-hybridized carbons (Fsp3) is 0.480. The Morgan fingerprint density at radius 3 is 2.61 bits per heavy atom. The molecule has 2 N–H and O–H groups in total. The molecule has 6 nitrogen and oxygen atoms in total. The van der Waals surface area contributed by atoms with Crippen LogP contribution >= 0.6 is 0 Å². The highest BCUT2D eigenvalue weighted by Crippen LogP contribution is 2.29. The molecule has 2 aromatic rings. The molecule has 2 aromatic carbocycles. The van der Waals surface area contributed by atoms with E-state index in [9.17, 15) is 14.4 Å². The SMILES string of the molecule is C[C@@H]1[C@H](C)CCC[C@H]1NC(=O)[C@@H](C)OC(=O)CNC(=O)Cc1cccc2ccccc12. The molecule has 0 radical (unpaired) electrons. The first kappa shape index (κ1) is 22.8. The normalized spacial score (nSPS) is 21.8. The van der Waals surface area contributed by atoms with Crippen LogP contribution in [0.1, 0.15) is 45.6 Å². The first-order chi connectivity index (χ1) is 14.8. The minimum absolute atomic E-state index is 0.109. The Balaban J connectivity index is 1.44. The van der Waals surface area contributed by atoms with Gasteiger partial charge in [-0.15, -0.1) is 0 Å². The Morgan fingerprint density at radius 2 is 1.81 bits per heavy atom. The van der Waals surface area contributed by atoms with Gasteiger partial charge in [-0.2, -0.15) is 0 Å². The highest BCUT2D eigenvalue weighted by molar-refractivity contribution is 5.91. The molecule has 1 aliphatic carbocycles. The molecule has 0 spiro atoms. The number of amides is 2. The third kappa shape index (κ3) is 6.06. The number of hydrogen-bond acceptors (Lipinski definition) is 4. The Labute approximate surface area is 183 Å². The number of rotatable bonds is 7. The van der Waals surface area contributed by atoms with Gasteiger partial charge < -0.3 is 15.4 Å². The van der Waals surface area contributed by atoms with Crippen molar-refractivity contribution < 1.29 is 19.1 Å². The smallest absolute Gasteiger partial charge is 0.326 e. The summed E-state index contributed by atoms with van der Waals surface area (Å²) in [5.41, 5.74) is 0.896. The molecule has 1 aliphatic rings. The molecule has 1 fully saturated rings. The maximum Gasteiger partial charge on any atom is 0.326 e. The molecule has 0 heterocycles. The molecule has 31 heavy (non-hydrogen) atoms. The van der Waals surface area contributed by atoms with Gasteiger partial charge in [0.25, 0.3) is 5.91 Å². The van der Waals surface area contributed by atoms with Gasteiger partial charge in [0, 0.05) is 6.04 Å². The van der Waals surface area contributed by atoms with Crippen LogP contribution in [0, 0.1) is 11.8 Å². The van der Waals surface area contributed by atoms with Crippen molar-refractivity contribution in [3.8, 4) is 0 Å². The van der Waals surface area contributed by atoms with Crippen LogP contribution in [0.15, 0.2) is 42.5 Å². The fourth-order valence-corrected chi connectivity index (χ4v) is 4.23. The van der Waals surface area contributed by atoms with Crippen LogP contribution in [0.4, 0.5) is 0 Å². The van der Waals surface area contributed by atoms with E-state index in [1.165, 1.54) is 6.42 Å². The zero-order valence-corrected chi connectivity index (χ0v) is 18.5. The summed E-state index contributed by atoms with van der Waals surface area (Å²) < 4.78 is 5.22. The van der Waals surface area contributed by atoms with Gasteiger partial charge in [-0.3, -0.25) is 14.4 Å². The largest absolute Gasteiger partial charge is 0.451 e. The summed E-state index contributed by atoms with van der Waals surface area (Å²) in [6, 6.07) is 13.8. The number of fused-ring (bicyclic) bond motifs is 1. The fourth-order valence-electron chi connectivity index (χ4n) is 4.23. The molecule has 1 saturated carbocycles. The minimum Gasteiger partial charge on any atom is -0.451 e. The standard InChI is InChI=1S/C25H32N2O4/c1-16-8-6-13-22(17(16)2)27-25(30)18(3)31-24(29)15-26-23(28)14-20-11-7-10-19-9-4-5-12-21(19)20/h4-5,7,9-12,16-18,22H,6,8,13-15H2,1-3H3,(H,26,28)(H,27,30)/t16-,17-,18-,22-/m1/s1. The summed E-state index contributed by atoms with van der Waals surface area (Å²) in [6.45, 7) is 5.64. The third-order valence-corrected chi connectivity index (χ3v) is 6.37. The van der Waals surface area contributed by atoms with Gasteiger partial charge in [-0.05, 0) is 41.5 Å². The van der Waals surface area contributed by atoms with Crippen LogP contribution in [0.2, 0.25) is 0 Å². The summed E-state index contributed by atoms with van der Waals surface area (Å²) in [7, 11) is 0. The lowest BCUT2D eigenvalue weighted by atomic mass is 9.78. The first-order valence-corrected chi connectivity index (χ1v) is 11.1. The predicted octanol–water partition coefficient (Wildman–Crippen LogP) is 3.37.